The molecule has 1 aromatic carbocycles. The highest BCUT2D eigenvalue weighted by Crippen LogP contribution is 2.29. The average Bonchev–Trinajstić information content (AvgIpc) is 3.33. The van der Waals surface area contributed by atoms with Crippen LogP contribution in [-0.4, -0.2) is 36.0 Å². The molecule has 1 aromatic heterocycles. The van der Waals surface area contributed by atoms with Crippen molar-refractivity contribution in [3.8, 4) is 0 Å². The van der Waals surface area contributed by atoms with Gasteiger partial charge in [-0.05, 0) is 50.1 Å². The zero-order valence-electron chi connectivity index (χ0n) is 17.2. The summed E-state index contributed by atoms with van der Waals surface area (Å²) in [6, 6.07) is 8.40. The van der Waals surface area contributed by atoms with Gasteiger partial charge < -0.3 is 19.4 Å². The fraction of sp³-hybridized carbons (Fsp3) is 0.455. The van der Waals surface area contributed by atoms with Crippen molar-refractivity contribution in [1.29, 1.82) is 0 Å². The second-order valence-electron chi connectivity index (χ2n) is 7.36. The van der Waals surface area contributed by atoms with Crippen LogP contribution in [0.5, 0.6) is 0 Å². The highest BCUT2D eigenvalue weighted by Gasteiger charge is 2.32. The molecule has 0 saturated carbocycles. The molecule has 0 unspecified atom stereocenters. The van der Waals surface area contributed by atoms with Crippen LogP contribution in [0.15, 0.2) is 40.8 Å². The smallest absolute Gasteiger partial charge is 0.416 e. The van der Waals surface area contributed by atoms with E-state index in [0.717, 1.165) is 12.1 Å². The van der Waals surface area contributed by atoms with Gasteiger partial charge in [-0.25, -0.2) is 4.79 Å². The number of hydrogen-bond acceptors (Lipinski definition) is 5. The first kappa shape index (κ1) is 22.9. The van der Waals surface area contributed by atoms with Crippen molar-refractivity contribution in [2.75, 3.05) is 13.2 Å². The minimum Gasteiger partial charge on any atom is -0.460 e. The largest absolute Gasteiger partial charge is 0.460 e. The van der Waals surface area contributed by atoms with Crippen molar-refractivity contribution in [2.45, 2.75) is 51.5 Å². The summed E-state index contributed by atoms with van der Waals surface area (Å²) >= 11 is 0. The molecule has 1 saturated heterocycles. The molecule has 1 aliphatic heterocycles. The number of nitrogens with one attached hydrogen (secondary N) is 1. The maximum Gasteiger partial charge on any atom is 0.416 e. The molecule has 2 heterocycles. The molecule has 0 aliphatic carbocycles. The van der Waals surface area contributed by atoms with Crippen molar-refractivity contribution < 1.29 is 31.9 Å². The van der Waals surface area contributed by atoms with Gasteiger partial charge in [-0.15, -0.1) is 0 Å². The Balaban J connectivity index is 1.50. The summed E-state index contributed by atoms with van der Waals surface area (Å²) in [5.41, 5.74) is -0.115. The number of hydrogen-bond donors (Lipinski definition) is 1. The minimum atomic E-state index is -4.36. The van der Waals surface area contributed by atoms with Gasteiger partial charge in [0.2, 0.25) is 11.7 Å². The normalized spacial score (nSPS) is 16.7. The number of carbonyl (C=O) groups excluding carboxylic acids is 2. The number of alkyl halides is 3. The highest BCUT2D eigenvalue weighted by molar-refractivity contribution is 5.86. The summed E-state index contributed by atoms with van der Waals surface area (Å²) in [5, 5.41) is 3.15. The van der Waals surface area contributed by atoms with Gasteiger partial charge in [-0.2, -0.15) is 13.2 Å². The van der Waals surface area contributed by atoms with Crippen molar-refractivity contribution >= 4 is 11.9 Å². The van der Waals surface area contributed by atoms with Crippen LogP contribution >= 0.6 is 0 Å². The van der Waals surface area contributed by atoms with Crippen LogP contribution in [0.1, 0.15) is 53.6 Å². The van der Waals surface area contributed by atoms with Gasteiger partial charge in [0, 0.05) is 19.0 Å². The second-order valence-corrected chi connectivity index (χ2v) is 7.36. The number of rotatable bonds is 9. The second kappa shape index (κ2) is 10.00. The number of halogens is 3. The number of nitrogens with zero attached hydrogens (tertiary/aromatic N) is 1. The van der Waals surface area contributed by atoms with E-state index in [4.69, 9.17) is 9.15 Å². The fourth-order valence-electron chi connectivity index (χ4n) is 3.61. The molecular weight excluding hydrogens is 413 g/mol. The molecule has 1 aliphatic rings. The molecule has 168 valence electrons. The van der Waals surface area contributed by atoms with Gasteiger partial charge in [-0.1, -0.05) is 18.2 Å². The summed E-state index contributed by atoms with van der Waals surface area (Å²) < 4.78 is 48.8. The third-order valence-electron chi connectivity index (χ3n) is 5.15. The molecule has 6 nitrogen and oxygen atoms in total. The van der Waals surface area contributed by atoms with Gasteiger partial charge in [0.05, 0.1) is 18.7 Å². The standard InChI is InChI=1S/C22H25F3N2O4/c1-2-30-21(29)19-8-7-18(31-19)14-27-17(6-9-20(27)28)10-11-26-13-15-4-3-5-16(12-15)22(23,24)25/h3-5,7-8,12,17,26H,2,6,9-11,13-14H2,1H3/t17-/m0/s1. The Morgan fingerprint density at radius 3 is 2.84 bits per heavy atom. The van der Waals surface area contributed by atoms with Crippen molar-refractivity contribution in [1.82, 2.24) is 10.2 Å². The summed E-state index contributed by atoms with van der Waals surface area (Å²) in [6.45, 7) is 3.07. The molecule has 1 fully saturated rings. The van der Waals surface area contributed by atoms with E-state index in [1.165, 1.54) is 12.1 Å². The molecular formula is C22H25F3N2O4. The van der Waals surface area contributed by atoms with Crippen LogP contribution in [0.3, 0.4) is 0 Å². The molecule has 0 bridgehead atoms. The zero-order chi connectivity index (χ0) is 22.4. The van der Waals surface area contributed by atoms with Gasteiger partial charge in [0.1, 0.15) is 5.76 Å². The lowest BCUT2D eigenvalue weighted by Crippen LogP contribution is -2.34. The SMILES string of the molecule is CCOC(=O)c1ccc(CN2C(=O)CC[C@H]2CCNCc2cccc(C(F)(F)F)c2)o1. The number of esters is 1. The van der Waals surface area contributed by atoms with E-state index in [-0.39, 0.29) is 30.9 Å². The molecule has 9 heteroatoms. The first-order chi connectivity index (χ1) is 14.8. The summed E-state index contributed by atoms with van der Waals surface area (Å²) in [6.07, 6.45) is -2.56. The highest BCUT2D eigenvalue weighted by atomic mass is 19.4. The van der Waals surface area contributed by atoms with Crippen LogP contribution < -0.4 is 5.32 Å². The molecule has 2 aromatic rings. The third-order valence-corrected chi connectivity index (χ3v) is 5.15. The Labute approximate surface area is 178 Å². The third kappa shape index (κ3) is 6.10. The topological polar surface area (TPSA) is 71.8 Å². The number of likely N-dealkylation sites (tertiary alicyclic amines) is 1. The summed E-state index contributed by atoms with van der Waals surface area (Å²) in [5.74, 6) is 0.0665. The number of carbonyl (C=O) groups is 2. The van der Waals surface area contributed by atoms with Gasteiger partial charge in [0.25, 0.3) is 0 Å². The Bertz CT molecular complexity index is 910. The van der Waals surface area contributed by atoms with Crippen LogP contribution in [0.4, 0.5) is 13.2 Å². The van der Waals surface area contributed by atoms with Gasteiger partial charge in [-0.3, -0.25) is 4.79 Å². The molecule has 3 rings (SSSR count). The minimum absolute atomic E-state index is 0.00217. The number of benzene rings is 1. The Hall–Kier alpha value is -2.81. The number of ether oxygens (including phenoxy) is 1. The zero-order valence-corrected chi connectivity index (χ0v) is 17.2. The monoisotopic (exact) mass is 438 g/mol. The predicted octanol–water partition coefficient (Wildman–Crippen LogP) is 4.15. The maximum atomic E-state index is 12.8. The van der Waals surface area contributed by atoms with Gasteiger partial charge >= 0.3 is 12.1 Å². The lowest BCUT2D eigenvalue weighted by Gasteiger charge is -2.24. The van der Waals surface area contributed by atoms with E-state index < -0.39 is 17.7 Å². The summed E-state index contributed by atoms with van der Waals surface area (Å²) in [7, 11) is 0. The molecule has 1 amide bonds. The Morgan fingerprint density at radius 1 is 1.29 bits per heavy atom. The lowest BCUT2D eigenvalue weighted by atomic mass is 10.1. The first-order valence-corrected chi connectivity index (χ1v) is 10.2. The van der Waals surface area contributed by atoms with E-state index in [1.54, 1.807) is 24.0 Å². The quantitative estimate of drug-likeness (QED) is 0.471. The van der Waals surface area contributed by atoms with E-state index in [1.807, 2.05) is 0 Å². The molecule has 0 radical (unpaired) electrons. The van der Waals surface area contributed by atoms with E-state index in [0.29, 0.717) is 43.7 Å². The van der Waals surface area contributed by atoms with Crippen molar-refractivity contribution in [2.24, 2.45) is 0 Å². The lowest BCUT2D eigenvalue weighted by molar-refractivity contribution is -0.137. The number of amides is 1. The molecule has 0 spiro atoms. The van der Waals surface area contributed by atoms with Crippen molar-refractivity contribution in [3.05, 3.63) is 59.0 Å². The van der Waals surface area contributed by atoms with Gasteiger partial charge in [0.15, 0.2) is 0 Å². The first-order valence-electron chi connectivity index (χ1n) is 10.2. The Morgan fingerprint density at radius 2 is 2.10 bits per heavy atom. The van der Waals surface area contributed by atoms with Crippen LogP contribution in [0, 0.1) is 0 Å². The van der Waals surface area contributed by atoms with Crippen molar-refractivity contribution in [3.63, 3.8) is 0 Å². The maximum absolute atomic E-state index is 12.8. The average molecular weight is 438 g/mol. The van der Waals surface area contributed by atoms with Crippen LogP contribution in [0.2, 0.25) is 0 Å². The molecule has 1 atom stereocenters. The van der Waals surface area contributed by atoms with Crippen LogP contribution in [0.25, 0.3) is 0 Å². The van der Waals surface area contributed by atoms with E-state index in [9.17, 15) is 22.8 Å². The summed E-state index contributed by atoms with van der Waals surface area (Å²) in [4.78, 5) is 25.7. The Kier molecular flexibility index (Phi) is 7.37. The molecule has 31 heavy (non-hydrogen) atoms. The fourth-order valence-corrected chi connectivity index (χ4v) is 3.61. The molecule has 1 N–H and O–H groups in total. The predicted molar refractivity (Wildman–Crippen MR) is 106 cm³/mol. The van der Waals surface area contributed by atoms with E-state index in [2.05, 4.69) is 5.32 Å². The van der Waals surface area contributed by atoms with Crippen LogP contribution in [-0.2, 0) is 28.8 Å². The number of furan rings is 1. The van der Waals surface area contributed by atoms with E-state index >= 15 is 0 Å².